The number of hydrogen-bond acceptors (Lipinski definition) is 3. The van der Waals surface area contributed by atoms with E-state index in [0.29, 0.717) is 18.1 Å². The van der Waals surface area contributed by atoms with Crippen molar-refractivity contribution in [2.75, 3.05) is 13.2 Å². The highest BCUT2D eigenvalue weighted by Crippen LogP contribution is 2.27. The molecule has 0 spiro atoms. The average Bonchev–Trinajstić information content (AvgIpc) is 2.69. The molecule has 15 heavy (non-hydrogen) atoms. The molecule has 1 aromatic carbocycles. The lowest BCUT2D eigenvalue weighted by Gasteiger charge is -2.10. The molecule has 0 saturated carbocycles. The molecule has 1 N–H and O–H groups in total. The van der Waals surface area contributed by atoms with Crippen LogP contribution in [-0.2, 0) is 20.6 Å². The molecule has 0 amide bonds. The van der Waals surface area contributed by atoms with Crippen LogP contribution in [-0.4, -0.2) is 22.0 Å². The molecule has 82 valence electrons. The molecule has 0 aromatic heterocycles. The van der Waals surface area contributed by atoms with Gasteiger partial charge in [0, 0.05) is 10.0 Å². The van der Waals surface area contributed by atoms with Crippen LogP contribution >= 0.6 is 15.9 Å². The van der Waals surface area contributed by atoms with E-state index >= 15 is 0 Å². The minimum Gasteiger partial charge on any atom is -0.346 e. The molecule has 1 fully saturated rings. The monoisotopic (exact) mass is 292 g/mol. The third kappa shape index (κ3) is 2.64. The zero-order valence-electron chi connectivity index (χ0n) is 7.68. The second-order valence-electron chi connectivity index (χ2n) is 3.04. The second kappa shape index (κ2) is 4.71. The van der Waals surface area contributed by atoms with E-state index in [1.54, 1.807) is 12.1 Å². The van der Waals surface area contributed by atoms with Crippen LogP contribution in [0.25, 0.3) is 0 Å². The second-order valence-corrected chi connectivity index (χ2v) is 4.93. The Morgan fingerprint density at radius 2 is 2.00 bits per heavy atom. The lowest BCUT2D eigenvalue weighted by molar-refractivity contribution is -0.0443. The van der Waals surface area contributed by atoms with Gasteiger partial charge in [0.15, 0.2) is 17.4 Å². The van der Waals surface area contributed by atoms with Crippen LogP contribution in [0, 0.1) is 0 Å². The summed E-state index contributed by atoms with van der Waals surface area (Å²) in [4.78, 5) is 0.332. The Kier molecular flexibility index (Phi) is 3.53. The number of benzene rings is 1. The zero-order chi connectivity index (χ0) is 10.8. The van der Waals surface area contributed by atoms with E-state index in [9.17, 15) is 4.21 Å². The van der Waals surface area contributed by atoms with Crippen LogP contribution in [0.1, 0.15) is 11.9 Å². The van der Waals surface area contributed by atoms with Crippen molar-refractivity contribution in [2.24, 2.45) is 0 Å². The van der Waals surface area contributed by atoms with Crippen LogP contribution in [0.3, 0.4) is 0 Å². The molecule has 1 aromatic rings. The topological polar surface area (TPSA) is 55.8 Å². The predicted molar refractivity (Wildman–Crippen MR) is 57.8 cm³/mol. The first-order chi connectivity index (χ1) is 7.16. The summed E-state index contributed by atoms with van der Waals surface area (Å²) < 4.78 is 31.3. The van der Waals surface area contributed by atoms with Crippen molar-refractivity contribution >= 4 is 27.0 Å². The molecule has 4 nitrogen and oxygen atoms in total. The van der Waals surface area contributed by atoms with Crippen molar-refractivity contribution in [3.63, 3.8) is 0 Å². The molecular weight excluding hydrogens is 284 g/mol. The fourth-order valence-corrected chi connectivity index (χ4v) is 2.50. The van der Waals surface area contributed by atoms with E-state index in [2.05, 4.69) is 15.9 Å². The molecule has 1 saturated heterocycles. The van der Waals surface area contributed by atoms with Gasteiger partial charge in [-0.3, -0.25) is 0 Å². The van der Waals surface area contributed by atoms with Gasteiger partial charge >= 0.3 is 0 Å². The minimum absolute atomic E-state index is 0.332. The van der Waals surface area contributed by atoms with Gasteiger partial charge in [-0.05, 0) is 18.2 Å². The Morgan fingerprint density at radius 1 is 1.33 bits per heavy atom. The van der Waals surface area contributed by atoms with Gasteiger partial charge in [-0.1, -0.05) is 15.9 Å². The Morgan fingerprint density at radius 3 is 2.60 bits per heavy atom. The summed E-state index contributed by atoms with van der Waals surface area (Å²) in [5, 5.41) is 0. The highest BCUT2D eigenvalue weighted by Gasteiger charge is 2.19. The van der Waals surface area contributed by atoms with Gasteiger partial charge in [-0.15, -0.1) is 0 Å². The SMILES string of the molecule is O=S(O)c1cc(Br)cc(C2OCCO2)c1. The summed E-state index contributed by atoms with van der Waals surface area (Å²) in [6, 6.07) is 5.01. The Balaban J connectivity index is 2.34. The maximum atomic E-state index is 10.9. The van der Waals surface area contributed by atoms with E-state index in [0.717, 1.165) is 10.0 Å². The van der Waals surface area contributed by atoms with E-state index in [1.165, 1.54) is 0 Å². The predicted octanol–water partition coefficient (Wildman–Crippen LogP) is 2.08. The van der Waals surface area contributed by atoms with Gasteiger partial charge in [0.1, 0.15) is 0 Å². The van der Waals surface area contributed by atoms with Gasteiger partial charge in [0.05, 0.1) is 18.1 Å². The molecule has 0 bridgehead atoms. The molecule has 1 heterocycles. The lowest BCUT2D eigenvalue weighted by Crippen LogP contribution is -2.00. The molecule has 1 atom stereocenters. The molecule has 0 radical (unpaired) electrons. The zero-order valence-corrected chi connectivity index (χ0v) is 10.1. The van der Waals surface area contributed by atoms with Gasteiger partial charge in [-0.2, -0.15) is 0 Å². The number of halogens is 1. The Bertz CT molecular complexity index is 390. The first-order valence-corrected chi connectivity index (χ1v) is 6.21. The largest absolute Gasteiger partial charge is 0.346 e. The van der Waals surface area contributed by atoms with Gasteiger partial charge in [-0.25, -0.2) is 4.21 Å². The van der Waals surface area contributed by atoms with Crippen LogP contribution in [0.5, 0.6) is 0 Å². The fourth-order valence-electron chi connectivity index (χ4n) is 1.37. The van der Waals surface area contributed by atoms with E-state index < -0.39 is 17.4 Å². The summed E-state index contributed by atoms with van der Waals surface area (Å²) in [5.41, 5.74) is 0.749. The average molecular weight is 293 g/mol. The van der Waals surface area contributed by atoms with E-state index in [4.69, 9.17) is 14.0 Å². The Labute approximate surface area is 98.0 Å². The van der Waals surface area contributed by atoms with E-state index in [-0.39, 0.29) is 0 Å². The molecular formula is C9H9BrO4S. The Hall–Kier alpha value is -0.270. The highest BCUT2D eigenvalue weighted by atomic mass is 79.9. The standard InChI is InChI=1S/C9H9BrO4S/c10-7-3-6(9-13-1-2-14-9)4-8(5-7)15(11)12/h3-5,9H,1-2H2,(H,11,12). The quantitative estimate of drug-likeness (QED) is 0.848. The summed E-state index contributed by atoms with van der Waals surface area (Å²) >= 11 is 1.28. The first kappa shape index (κ1) is 11.2. The molecule has 0 aliphatic carbocycles. The van der Waals surface area contributed by atoms with Crippen LogP contribution < -0.4 is 0 Å². The van der Waals surface area contributed by atoms with Crippen molar-refractivity contribution in [1.29, 1.82) is 0 Å². The molecule has 1 unspecified atom stereocenters. The van der Waals surface area contributed by atoms with Crippen molar-refractivity contribution < 1.29 is 18.2 Å². The van der Waals surface area contributed by atoms with Crippen molar-refractivity contribution in [1.82, 2.24) is 0 Å². The first-order valence-electron chi connectivity index (χ1n) is 4.31. The lowest BCUT2D eigenvalue weighted by atomic mass is 10.2. The van der Waals surface area contributed by atoms with Gasteiger partial charge in [0.25, 0.3) is 0 Å². The maximum absolute atomic E-state index is 10.9. The summed E-state index contributed by atoms with van der Waals surface area (Å²) in [7, 11) is 0. The molecule has 2 rings (SSSR count). The summed E-state index contributed by atoms with van der Waals surface area (Å²) in [6.45, 7) is 1.10. The number of rotatable bonds is 2. The number of ether oxygens (including phenoxy) is 2. The molecule has 1 aliphatic rings. The summed E-state index contributed by atoms with van der Waals surface area (Å²) in [5.74, 6) is 0. The highest BCUT2D eigenvalue weighted by molar-refractivity contribution is 9.10. The van der Waals surface area contributed by atoms with Crippen LogP contribution in [0.4, 0.5) is 0 Å². The van der Waals surface area contributed by atoms with Crippen LogP contribution in [0.2, 0.25) is 0 Å². The third-order valence-corrected chi connectivity index (χ3v) is 3.09. The van der Waals surface area contributed by atoms with Crippen molar-refractivity contribution in [3.8, 4) is 0 Å². The fraction of sp³-hybridized carbons (Fsp3) is 0.333. The normalized spacial score (nSPS) is 19.3. The van der Waals surface area contributed by atoms with Crippen LogP contribution in [0.15, 0.2) is 27.6 Å². The number of hydrogen-bond donors (Lipinski definition) is 1. The van der Waals surface area contributed by atoms with Crippen molar-refractivity contribution in [3.05, 3.63) is 28.2 Å². The smallest absolute Gasteiger partial charge is 0.186 e. The van der Waals surface area contributed by atoms with Crippen molar-refractivity contribution in [2.45, 2.75) is 11.2 Å². The molecule has 6 heteroatoms. The third-order valence-electron chi connectivity index (χ3n) is 1.99. The maximum Gasteiger partial charge on any atom is 0.186 e. The molecule has 1 aliphatic heterocycles. The van der Waals surface area contributed by atoms with Gasteiger partial charge < -0.3 is 14.0 Å². The minimum atomic E-state index is -1.99. The van der Waals surface area contributed by atoms with Gasteiger partial charge in [0.2, 0.25) is 0 Å². The summed E-state index contributed by atoms with van der Waals surface area (Å²) in [6.07, 6.45) is -0.426. The van der Waals surface area contributed by atoms with E-state index in [1.807, 2.05) is 6.07 Å².